The minimum atomic E-state index is -0.482. The standard InChI is InChI=1S/C26H22N2O2/c1-3-21(18-10-6-5-7-11-18)26(19-14-15-23-20(16-19)17-27-28-23)22-12-8-9-13-24(22)30-25(29)4-2/h4-17H,2-3H2,1H3,(H,27,28)/b26-21+. The molecule has 4 rings (SSSR count). The first-order valence-corrected chi connectivity index (χ1v) is 9.87. The van der Waals surface area contributed by atoms with E-state index in [4.69, 9.17) is 4.74 Å². The van der Waals surface area contributed by atoms with Crippen LogP contribution in [0.4, 0.5) is 0 Å². The van der Waals surface area contributed by atoms with E-state index >= 15 is 0 Å². The first-order valence-electron chi connectivity index (χ1n) is 9.87. The number of hydrogen-bond donors (Lipinski definition) is 1. The lowest BCUT2D eigenvalue weighted by atomic mass is 9.87. The molecule has 3 aromatic carbocycles. The Morgan fingerprint density at radius 1 is 1.03 bits per heavy atom. The van der Waals surface area contributed by atoms with Crippen LogP contribution >= 0.6 is 0 Å². The Hall–Kier alpha value is -3.92. The van der Waals surface area contributed by atoms with Crippen LogP contribution in [0.1, 0.15) is 30.0 Å². The van der Waals surface area contributed by atoms with E-state index in [9.17, 15) is 4.79 Å². The summed E-state index contributed by atoms with van der Waals surface area (Å²) >= 11 is 0. The zero-order chi connectivity index (χ0) is 20.9. The molecule has 30 heavy (non-hydrogen) atoms. The summed E-state index contributed by atoms with van der Waals surface area (Å²) in [5.74, 6) is 0.0245. The van der Waals surface area contributed by atoms with E-state index in [1.807, 2.05) is 54.7 Å². The Kier molecular flexibility index (Phi) is 5.57. The summed E-state index contributed by atoms with van der Waals surface area (Å²) in [4.78, 5) is 12.0. The number of H-pyrrole nitrogens is 1. The maximum atomic E-state index is 12.0. The third-order valence-corrected chi connectivity index (χ3v) is 5.04. The first kappa shape index (κ1) is 19.4. The summed E-state index contributed by atoms with van der Waals surface area (Å²) < 4.78 is 5.59. The number of aromatic amines is 1. The Bertz CT molecular complexity index is 1240. The van der Waals surface area contributed by atoms with Gasteiger partial charge in [-0.3, -0.25) is 5.10 Å². The van der Waals surface area contributed by atoms with Crippen molar-refractivity contribution in [1.29, 1.82) is 0 Å². The van der Waals surface area contributed by atoms with E-state index in [1.54, 1.807) is 0 Å². The van der Waals surface area contributed by atoms with Gasteiger partial charge in [0.25, 0.3) is 0 Å². The highest BCUT2D eigenvalue weighted by Crippen LogP contribution is 2.39. The Morgan fingerprint density at radius 2 is 1.80 bits per heavy atom. The molecule has 0 aliphatic heterocycles. The molecular formula is C26H22N2O2. The monoisotopic (exact) mass is 394 g/mol. The van der Waals surface area contributed by atoms with Crippen molar-refractivity contribution < 1.29 is 9.53 Å². The molecular weight excluding hydrogens is 372 g/mol. The number of rotatable bonds is 6. The summed E-state index contributed by atoms with van der Waals surface area (Å²) in [5.41, 5.74) is 6.19. The average molecular weight is 394 g/mol. The van der Waals surface area contributed by atoms with Gasteiger partial charge < -0.3 is 4.74 Å². The molecule has 0 atom stereocenters. The number of ether oxygens (including phenoxy) is 1. The van der Waals surface area contributed by atoms with E-state index in [0.29, 0.717) is 5.75 Å². The van der Waals surface area contributed by atoms with Crippen LogP contribution < -0.4 is 4.74 Å². The van der Waals surface area contributed by atoms with E-state index < -0.39 is 5.97 Å². The molecule has 4 nitrogen and oxygen atoms in total. The maximum absolute atomic E-state index is 12.0. The highest BCUT2D eigenvalue weighted by Gasteiger charge is 2.18. The summed E-state index contributed by atoms with van der Waals surface area (Å²) in [6.45, 7) is 5.66. The maximum Gasteiger partial charge on any atom is 0.335 e. The molecule has 1 heterocycles. The zero-order valence-corrected chi connectivity index (χ0v) is 16.8. The van der Waals surface area contributed by atoms with Crippen molar-refractivity contribution in [2.45, 2.75) is 13.3 Å². The number of nitrogens with zero attached hydrogens (tertiary/aromatic N) is 1. The van der Waals surface area contributed by atoms with Crippen LogP contribution in [0.3, 0.4) is 0 Å². The number of carbonyl (C=O) groups excluding carboxylic acids is 1. The first-order chi connectivity index (χ1) is 14.7. The van der Waals surface area contributed by atoms with E-state index in [1.165, 1.54) is 11.6 Å². The van der Waals surface area contributed by atoms with Crippen LogP contribution in [-0.2, 0) is 4.79 Å². The van der Waals surface area contributed by atoms with Crippen molar-refractivity contribution in [3.8, 4) is 5.75 Å². The van der Waals surface area contributed by atoms with Crippen molar-refractivity contribution in [2.24, 2.45) is 0 Å². The highest BCUT2D eigenvalue weighted by atomic mass is 16.5. The number of aromatic nitrogens is 2. The van der Waals surface area contributed by atoms with Crippen LogP contribution in [0.25, 0.3) is 22.0 Å². The summed E-state index contributed by atoms with van der Waals surface area (Å²) in [6.07, 6.45) is 3.80. The van der Waals surface area contributed by atoms with Crippen molar-refractivity contribution in [3.05, 3.63) is 108 Å². The second-order valence-electron chi connectivity index (χ2n) is 6.87. The van der Waals surface area contributed by atoms with Crippen molar-refractivity contribution in [1.82, 2.24) is 10.2 Å². The molecule has 0 aliphatic rings. The summed E-state index contributed by atoms with van der Waals surface area (Å²) in [5, 5.41) is 8.17. The van der Waals surface area contributed by atoms with Crippen LogP contribution in [0.5, 0.6) is 5.75 Å². The van der Waals surface area contributed by atoms with Gasteiger partial charge in [0.15, 0.2) is 0 Å². The number of para-hydroxylation sites is 1. The molecule has 148 valence electrons. The molecule has 0 spiro atoms. The summed E-state index contributed by atoms with van der Waals surface area (Å²) in [6, 6.07) is 24.1. The molecule has 0 saturated carbocycles. The van der Waals surface area contributed by atoms with Gasteiger partial charge in [-0.15, -0.1) is 0 Å². The second-order valence-corrected chi connectivity index (χ2v) is 6.87. The smallest absolute Gasteiger partial charge is 0.335 e. The van der Waals surface area contributed by atoms with Gasteiger partial charge >= 0.3 is 5.97 Å². The van der Waals surface area contributed by atoms with E-state index in [0.717, 1.165) is 39.6 Å². The largest absolute Gasteiger partial charge is 0.423 e. The lowest BCUT2D eigenvalue weighted by Crippen LogP contribution is -2.06. The fraction of sp³-hybridized carbons (Fsp3) is 0.0769. The number of fused-ring (bicyclic) bond motifs is 1. The molecule has 1 N–H and O–H groups in total. The average Bonchev–Trinajstić information content (AvgIpc) is 3.26. The Morgan fingerprint density at radius 3 is 2.57 bits per heavy atom. The normalized spacial score (nSPS) is 11.8. The molecule has 4 heteroatoms. The van der Waals surface area contributed by atoms with Gasteiger partial charge in [0.05, 0.1) is 11.7 Å². The third kappa shape index (κ3) is 3.80. The molecule has 0 radical (unpaired) electrons. The van der Waals surface area contributed by atoms with Gasteiger partial charge in [0.2, 0.25) is 0 Å². The predicted molar refractivity (Wildman–Crippen MR) is 121 cm³/mol. The molecule has 0 saturated heterocycles. The van der Waals surface area contributed by atoms with Gasteiger partial charge in [0, 0.05) is 17.0 Å². The fourth-order valence-corrected chi connectivity index (χ4v) is 3.67. The molecule has 0 amide bonds. The third-order valence-electron chi connectivity index (χ3n) is 5.04. The molecule has 4 aromatic rings. The predicted octanol–water partition coefficient (Wildman–Crippen LogP) is 6.02. The van der Waals surface area contributed by atoms with Crippen molar-refractivity contribution >= 4 is 28.0 Å². The number of esters is 1. The minimum Gasteiger partial charge on any atom is -0.423 e. The van der Waals surface area contributed by atoms with E-state index in [2.05, 4.69) is 48.0 Å². The summed E-state index contributed by atoms with van der Waals surface area (Å²) in [7, 11) is 0. The Labute approximate surface area is 175 Å². The fourth-order valence-electron chi connectivity index (χ4n) is 3.67. The zero-order valence-electron chi connectivity index (χ0n) is 16.8. The number of benzene rings is 3. The molecule has 0 fully saturated rings. The van der Waals surface area contributed by atoms with Crippen molar-refractivity contribution in [3.63, 3.8) is 0 Å². The SMILES string of the molecule is C=CC(=O)Oc1ccccc1/C(=C(\CC)c1ccccc1)c1ccc2[nH]ncc2c1. The van der Waals surface area contributed by atoms with Gasteiger partial charge in [-0.25, -0.2) is 4.79 Å². The van der Waals surface area contributed by atoms with Gasteiger partial charge in [-0.1, -0.05) is 68.1 Å². The second kappa shape index (κ2) is 8.62. The van der Waals surface area contributed by atoms with Gasteiger partial charge in [-0.2, -0.15) is 5.10 Å². The minimum absolute atomic E-state index is 0.482. The van der Waals surface area contributed by atoms with Crippen LogP contribution in [0.2, 0.25) is 0 Å². The van der Waals surface area contributed by atoms with Crippen LogP contribution in [-0.4, -0.2) is 16.2 Å². The number of carbonyl (C=O) groups is 1. The van der Waals surface area contributed by atoms with Gasteiger partial charge in [-0.05, 0) is 46.9 Å². The molecule has 0 unspecified atom stereocenters. The van der Waals surface area contributed by atoms with E-state index in [-0.39, 0.29) is 0 Å². The Balaban J connectivity index is 2.01. The number of nitrogens with one attached hydrogen (secondary N) is 1. The molecule has 0 bridgehead atoms. The van der Waals surface area contributed by atoms with Gasteiger partial charge in [0.1, 0.15) is 5.75 Å². The topological polar surface area (TPSA) is 55.0 Å². The number of hydrogen-bond acceptors (Lipinski definition) is 3. The lowest BCUT2D eigenvalue weighted by molar-refractivity contribution is -0.128. The van der Waals surface area contributed by atoms with Crippen LogP contribution in [0.15, 0.2) is 91.6 Å². The quantitative estimate of drug-likeness (QED) is 0.188. The highest BCUT2D eigenvalue weighted by molar-refractivity contribution is 6.02. The lowest BCUT2D eigenvalue weighted by Gasteiger charge is -2.18. The van der Waals surface area contributed by atoms with Crippen molar-refractivity contribution in [2.75, 3.05) is 0 Å². The molecule has 1 aromatic heterocycles. The van der Waals surface area contributed by atoms with Crippen LogP contribution in [0, 0.1) is 0 Å². The number of allylic oxidation sites excluding steroid dienone is 1. The molecule has 0 aliphatic carbocycles.